The van der Waals surface area contributed by atoms with E-state index in [1.54, 1.807) is 6.92 Å². The maximum atomic E-state index is 13.2. The highest BCUT2D eigenvalue weighted by atomic mass is 16.6. The lowest BCUT2D eigenvalue weighted by atomic mass is 9.80. The number of nitro groups is 2. The molecule has 2 aliphatic rings. The Balaban J connectivity index is 1.39. The Morgan fingerprint density at radius 2 is 1.88 bits per heavy atom. The van der Waals surface area contributed by atoms with Gasteiger partial charge >= 0.3 is 5.97 Å². The SMILES string of the molecule is CC1=NC(C)=C(C(=O)OCCCNc2ccc(C3=NNC(=O)CC3)cc2)C(c2cccc([N+](=O)[O-])c2)C1[N+](=O)[O-]. The van der Waals surface area contributed by atoms with E-state index in [1.165, 1.54) is 31.2 Å². The molecule has 2 unspecified atom stereocenters. The number of non-ortho nitro benzene ring substituents is 1. The van der Waals surface area contributed by atoms with Crippen molar-refractivity contribution in [3.63, 3.8) is 0 Å². The smallest absolute Gasteiger partial charge is 0.336 e. The first-order valence-electron chi connectivity index (χ1n) is 12.7. The van der Waals surface area contributed by atoms with E-state index in [0.29, 0.717) is 25.8 Å². The molecule has 0 bridgehead atoms. The van der Waals surface area contributed by atoms with E-state index in [9.17, 15) is 29.8 Å². The van der Waals surface area contributed by atoms with Crippen LogP contribution in [0.4, 0.5) is 11.4 Å². The van der Waals surface area contributed by atoms with Crippen LogP contribution < -0.4 is 10.7 Å². The monoisotopic (exact) mass is 548 g/mol. The van der Waals surface area contributed by atoms with E-state index < -0.39 is 27.8 Å². The molecular weight excluding hydrogens is 520 g/mol. The number of carbonyl (C=O) groups is 2. The van der Waals surface area contributed by atoms with Gasteiger partial charge in [-0.2, -0.15) is 5.10 Å². The van der Waals surface area contributed by atoms with Gasteiger partial charge in [-0.25, -0.2) is 10.2 Å². The number of nitrogens with zero attached hydrogens (tertiary/aromatic N) is 4. The standard InChI is InChI=1S/C27H28N6O7/c1-16-24(25(26(33(38)39)17(2)29-16)19-5-3-6-21(15-19)32(36)37)27(35)40-14-4-13-28-20-9-7-18(8-10-20)22-11-12-23(34)31-30-22/h3,5-10,15,25-26,28H,4,11-14H2,1-2H3,(H,31,34). The minimum atomic E-state index is -1.37. The third-order valence-corrected chi connectivity index (χ3v) is 6.68. The Kier molecular flexibility index (Phi) is 8.62. The van der Waals surface area contributed by atoms with Gasteiger partial charge in [0.15, 0.2) is 0 Å². The number of carbonyl (C=O) groups excluding carboxylic acids is 2. The molecule has 2 aromatic rings. The molecule has 0 aromatic heterocycles. The Morgan fingerprint density at radius 3 is 2.52 bits per heavy atom. The fourth-order valence-corrected chi connectivity index (χ4v) is 4.76. The van der Waals surface area contributed by atoms with Crippen LogP contribution in [-0.4, -0.2) is 52.3 Å². The highest BCUT2D eigenvalue weighted by Crippen LogP contribution is 2.38. The van der Waals surface area contributed by atoms with Gasteiger partial charge in [0.05, 0.1) is 34.4 Å². The van der Waals surface area contributed by atoms with Gasteiger partial charge in [0.2, 0.25) is 5.91 Å². The van der Waals surface area contributed by atoms with Gasteiger partial charge in [-0.15, -0.1) is 0 Å². The first kappa shape index (κ1) is 28.1. The average molecular weight is 549 g/mol. The van der Waals surface area contributed by atoms with Crippen LogP contribution >= 0.6 is 0 Å². The average Bonchev–Trinajstić information content (AvgIpc) is 2.93. The molecule has 2 heterocycles. The molecule has 0 spiro atoms. The van der Waals surface area contributed by atoms with Crippen molar-refractivity contribution in [3.05, 3.63) is 91.2 Å². The zero-order chi connectivity index (χ0) is 28.8. The molecule has 2 atom stereocenters. The van der Waals surface area contributed by atoms with Crippen LogP contribution in [0.1, 0.15) is 50.2 Å². The maximum Gasteiger partial charge on any atom is 0.336 e. The highest BCUT2D eigenvalue weighted by molar-refractivity contribution is 6.04. The summed E-state index contributed by atoms with van der Waals surface area (Å²) >= 11 is 0. The number of esters is 1. The topological polar surface area (TPSA) is 178 Å². The summed E-state index contributed by atoms with van der Waals surface area (Å²) in [5.74, 6) is -1.93. The van der Waals surface area contributed by atoms with E-state index >= 15 is 0 Å². The highest BCUT2D eigenvalue weighted by Gasteiger charge is 2.45. The molecular formula is C27H28N6O7. The van der Waals surface area contributed by atoms with E-state index in [4.69, 9.17) is 4.74 Å². The number of allylic oxidation sites excluding steroid dienone is 1. The lowest BCUT2D eigenvalue weighted by Gasteiger charge is -2.27. The molecule has 13 nitrogen and oxygen atoms in total. The zero-order valence-electron chi connectivity index (χ0n) is 22.0. The minimum Gasteiger partial charge on any atom is -0.462 e. The summed E-state index contributed by atoms with van der Waals surface area (Å²) in [4.78, 5) is 50.8. The predicted molar refractivity (Wildman–Crippen MR) is 147 cm³/mol. The van der Waals surface area contributed by atoms with Gasteiger partial charge in [-0.05, 0) is 43.5 Å². The van der Waals surface area contributed by atoms with Gasteiger partial charge in [-0.1, -0.05) is 24.3 Å². The summed E-state index contributed by atoms with van der Waals surface area (Å²) in [5.41, 5.74) is 5.58. The Bertz CT molecular complexity index is 1430. The first-order valence-corrected chi connectivity index (χ1v) is 12.7. The van der Waals surface area contributed by atoms with Crippen molar-refractivity contribution in [1.82, 2.24) is 5.43 Å². The van der Waals surface area contributed by atoms with Crippen molar-refractivity contribution in [2.75, 3.05) is 18.5 Å². The van der Waals surface area contributed by atoms with Crippen molar-refractivity contribution in [2.45, 2.75) is 45.1 Å². The van der Waals surface area contributed by atoms with Crippen molar-refractivity contribution in [1.29, 1.82) is 0 Å². The largest absolute Gasteiger partial charge is 0.462 e. The van der Waals surface area contributed by atoms with E-state index in [2.05, 4.69) is 20.8 Å². The molecule has 2 aromatic carbocycles. The number of hydrogen-bond donors (Lipinski definition) is 2. The second-order valence-electron chi connectivity index (χ2n) is 9.40. The third-order valence-electron chi connectivity index (χ3n) is 6.68. The second-order valence-corrected chi connectivity index (χ2v) is 9.40. The fourth-order valence-electron chi connectivity index (χ4n) is 4.76. The van der Waals surface area contributed by atoms with Crippen molar-refractivity contribution < 1.29 is 24.2 Å². The van der Waals surface area contributed by atoms with Crippen molar-refractivity contribution >= 4 is 34.7 Å². The lowest BCUT2D eigenvalue weighted by molar-refractivity contribution is -0.505. The van der Waals surface area contributed by atoms with Crippen LogP contribution in [0.2, 0.25) is 0 Å². The number of hydrogen-bond acceptors (Lipinski definition) is 10. The van der Waals surface area contributed by atoms with Gasteiger partial charge in [0, 0.05) is 47.8 Å². The molecule has 0 fully saturated rings. The van der Waals surface area contributed by atoms with Gasteiger partial charge < -0.3 is 10.1 Å². The number of nitro benzene ring substituents is 1. The number of anilines is 1. The van der Waals surface area contributed by atoms with Crippen molar-refractivity contribution in [3.8, 4) is 0 Å². The fraction of sp³-hybridized carbons (Fsp3) is 0.333. The summed E-state index contributed by atoms with van der Waals surface area (Å²) in [6.45, 7) is 3.61. The molecule has 2 N–H and O–H groups in total. The Hall–Kier alpha value is -4.94. The first-order chi connectivity index (χ1) is 19.2. The zero-order valence-corrected chi connectivity index (χ0v) is 22.0. The predicted octanol–water partition coefficient (Wildman–Crippen LogP) is 3.73. The molecule has 0 radical (unpaired) electrons. The minimum absolute atomic E-state index is 0.0122. The molecule has 0 aliphatic carbocycles. The molecule has 208 valence electrons. The lowest BCUT2D eigenvalue weighted by Crippen LogP contribution is -2.40. The summed E-state index contributed by atoms with van der Waals surface area (Å²) in [5, 5.41) is 30.6. The quantitative estimate of drug-likeness (QED) is 0.195. The molecule has 13 heteroatoms. The van der Waals surface area contributed by atoms with Crippen LogP contribution in [0.5, 0.6) is 0 Å². The molecule has 4 rings (SSSR count). The molecule has 1 amide bonds. The molecule has 0 saturated carbocycles. The Morgan fingerprint density at radius 1 is 1.12 bits per heavy atom. The van der Waals surface area contributed by atoms with E-state index in [-0.39, 0.29) is 40.7 Å². The molecule has 2 aliphatic heterocycles. The van der Waals surface area contributed by atoms with Crippen LogP contribution in [-0.2, 0) is 14.3 Å². The Labute approximate surface area is 229 Å². The number of nitrogens with one attached hydrogen (secondary N) is 2. The molecule has 40 heavy (non-hydrogen) atoms. The molecule has 0 saturated heterocycles. The number of hydrazone groups is 1. The normalized spacial score (nSPS) is 18.8. The number of amides is 1. The van der Waals surface area contributed by atoms with Crippen LogP contribution in [0.15, 0.2) is 69.9 Å². The summed E-state index contributed by atoms with van der Waals surface area (Å²) in [6, 6.07) is 11.7. The maximum absolute atomic E-state index is 13.2. The van der Waals surface area contributed by atoms with Crippen LogP contribution in [0.3, 0.4) is 0 Å². The van der Waals surface area contributed by atoms with Gasteiger partial charge in [-0.3, -0.25) is 30.0 Å². The summed E-state index contributed by atoms with van der Waals surface area (Å²) in [7, 11) is 0. The third kappa shape index (κ3) is 6.37. The second kappa shape index (κ2) is 12.3. The van der Waals surface area contributed by atoms with E-state index in [0.717, 1.165) is 17.0 Å². The number of aliphatic imine (C=N–C) groups is 1. The number of ether oxygens (including phenoxy) is 1. The van der Waals surface area contributed by atoms with Crippen LogP contribution in [0, 0.1) is 20.2 Å². The van der Waals surface area contributed by atoms with Gasteiger partial charge in [0.25, 0.3) is 11.7 Å². The summed E-state index contributed by atoms with van der Waals surface area (Å²) < 4.78 is 5.48. The number of benzene rings is 2. The van der Waals surface area contributed by atoms with Crippen LogP contribution in [0.25, 0.3) is 0 Å². The van der Waals surface area contributed by atoms with Gasteiger partial charge in [0.1, 0.15) is 0 Å². The van der Waals surface area contributed by atoms with E-state index in [1.807, 2.05) is 24.3 Å². The van der Waals surface area contributed by atoms with Crippen molar-refractivity contribution in [2.24, 2.45) is 10.1 Å². The summed E-state index contributed by atoms with van der Waals surface area (Å²) in [6.07, 6.45) is 1.44. The number of rotatable bonds is 10.